The van der Waals surface area contributed by atoms with E-state index in [0.717, 1.165) is 0 Å². The lowest BCUT2D eigenvalue weighted by molar-refractivity contribution is 0.438. The standard InChI is InChI=1S/C10H9N3O3/c1-5-4-7(14)8(9(15)16-5)6-2-3-12-10(11)13-6/h2-4,14H,1H3,(H2,11,12,13). The first-order valence-corrected chi connectivity index (χ1v) is 4.50. The van der Waals surface area contributed by atoms with Crippen LogP contribution < -0.4 is 11.4 Å². The molecular formula is C10H9N3O3. The zero-order valence-corrected chi connectivity index (χ0v) is 8.47. The zero-order valence-electron chi connectivity index (χ0n) is 8.47. The average Bonchev–Trinajstić information content (AvgIpc) is 2.15. The van der Waals surface area contributed by atoms with Gasteiger partial charge in [-0.2, -0.15) is 0 Å². The lowest BCUT2D eigenvalue weighted by atomic mass is 10.2. The summed E-state index contributed by atoms with van der Waals surface area (Å²) in [6.07, 6.45) is 1.40. The van der Waals surface area contributed by atoms with Gasteiger partial charge in [-0.3, -0.25) is 0 Å². The topological polar surface area (TPSA) is 102 Å². The van der Waals surface area contributed by atoms with Gasteiger partial charge in [-0.25, -0.2) is 14.8 Å². The highest BCUT2D eigenvalue weighted by Crippen LogP contribution is 2.24. The Kier molecular flexibility index (Phi) is 2.32. The molecule has 0 saturated heterocycles. The number of aryl methyl sites for hydroxylation is 1. The fourth-order valence-electron chi connectivity index (χ4n) is 1.34. The van der Waals surface area contributed by atoms with Crippen LogP contribution in [0.1, 0.15) is 5.76 Å². The fraction of sp³-hybridized carbons (Fsp3) is 0.100. The van der Waals surface area contributed by atoms with Crippen molar-refractivity contribution in [2.75, 3.05) is 5.73 Å². The van der Waals surface area contributed by atoms with E-state index in [4.69, 9.17) is 10.2 Å². The molecule has 0 aromatic carbocycles. The lowest BCUT2D eigenvalue weighted by Gasteiger charge is -2.03. The van der Waals surface area contributed by atoms with Crippen molar-refractivity contribution in [3.63, 3.8) is 0 Å². The van der Waals surface area contributed by atoms with Crippen molar-refractivity contribution in [3.8, 4) is 17.0 Å². The molecule has 0 aliphatic rings. The lowest BCUT2D eigenvalue weighted by Crippen LogP contribution is -2.06. The maximum absolute atomic E-state index is 11.5. The molecule has 0 amide bonds. The molecule has 6 heteroatoms. The van der Waals surface area contributed by atoms with Crippen molar-refractivity contribution in [2.45, 2.75) is 6.92 Å². The minimum Gasteiger partial charge on any atom is -0.507 e. The molecule has 16 heavy (non-hydrogen) atoms. The summed E-state index contributed by atoms with van der Waals surface area (Å²) in [5.41, 5.74) is 4.95. The van der Waals surface area contributed by atoms with E-state index in [-0.39, 0.29) is 23.0 Å². The van der Waals surface area contributed by atoms with Gasteiger partial charge < -0.3 is 15.3 Å². The predicted octanol–water partition coefficient (Wildman–Crippen LogP) is 0.693. The van der Waals surface area contributed by atoms with Crippen molar-refractivity contribution in [1.82, 2.24) is 9.97 Å². The van der Waals surface area contributed by atoms with Crippen LogP contribution in [0.5, 0.6) is 5.75 Å². The third-order valence-corrected chi connectivity index (χ3v) is 1.98. The smallest absolute Gasteiger partial charge is 0.349 e. The van der Waals surface area contributed by atoms with Crippen LogP contribution in [0.3, 0.4) is 0 Å². The van der Waals surface area contributed by atoms with Gasteiger partial charge in [-0.15, -0.1) is 0 Å². The highest BCUT2D eigenvalue weighted by atomic mass is 16.4. The Balaban J connectivity index is 2.70. The molecule has 0 aliphatic carbocycles. The summed E-state index contributed by atoms with van der Waals surface area (Å²) in [5.74, 6) is 0.164. The van der Waals surface area contributed by atoms with Crippen molar-refractivity contribution >= 4 is 5.95 Å². The Morgan fingerprint density at radius 2 is 2.25 bits per heavy atom. The summed E-state index contributed by atoms with van der Waals surface area (Å²) in [5, 5.41) is 9.66. The Hall–Kier alpha value is -2.37. The third-order valence-electron chi connectivity index (χ3n) is 1.98. The van der Waals surface area contributed by atoms with E-state index in [1.54, 1.807) is 6.92 Å². The number of nitrogens with two attached hydrogens (primary N) is 1. The van der Waals surface area contributed by atoms with Crippen molar-refractivity contribution in [1.29, 1.82) is 0 Å². The highest BCUT2D eigenvalue weighted by molar-refractivity contribution is 5.65. The number of anilines is 1. The van der Waals surface area contributed by atoms with Gasteiger partial charge in [-0.05, 0) is 13.0 Å². The minimum atomic E-state index is -0.657. The van der Waals surface area contributed by atoms with Crippen molar-refractivity contribution < 1.29 is 9.52 Å². The van der Waals surface area contributed by atoms with Crippen LogP contribution in [0.2, 0.25) is 0 Å². The van der Waals surface area contributed by atoms with Crippen LogP contribution in [0.4, 0.5) is 5.95 Å². The number of hydrogen-bond acceptors (Lipinski definition) is 6. The summed E-state index contributed by atoms with van der Waals surface area (Å²) in [4.78, 5) is 19.1. The first-order chi connectivity index (χ1) is 7.58. The van der Waals surface area contributed by atoms with Crippen LogP contribution in [0.25, 0.3) is 11.3 Å². The molecule has 6 nitrogen and oxygen atoms in total. The quantitative estimate of drug-likeness (QED) is 0.731. The maximum Gasteiger partial charge on any atom is 0.349 e. The molecule has 0 radical (unpaired) electrons. The van der Waals surface area contributed by atoms with Crippen LogP contribution in [0, 0.1) is 6.92 Å². The Bertz CT molecular complexity index is 592. The molecule has 2 aromatic heterocycles. The Morgan fingerprint density at radius 3 is 2.88 bits per heavy atom. The summed E-state index contributed by atoms with van der Waals surface area (Å²) in [6, 6.07) is 2.81. The second-order valence-electron chi connectivity index (χ2n) is 3.20. The first-order valence-electron chi connectivity index (χ1n) is 4.50. The molecule has 2 aromatic rings. The van der Waals surface area contributed by atoms with Gasteiger partial charge in [0.1, 0.15) is 17.1 Å². The number of hydrogen-bond donors (Lipinski definition) is 2. The van der Waals surface area contributed by atoms with Gasteiger partial charge >= 0.3 is 5.63 Å². The second-order valence-corrected chi connectivity index (χ2v) is 3.20. The van der Waals surface area contributed by atoms with Gasteiger partial charge in [0.2, 0.25) is 5.95 Å². The van der Waals surface area contributed by atoms with Crippen molar-refractivity contribution in [2.24, 2.45) is 0 Å². The Labute approximate surface area is 90.4 Å². The number of rotatable bonds is 1. The molecular weight excluding hydrogens is 210 g/mol. The van der Waals surface area contributed by atoms with E-state index in [0.29, 0.717) is 5.76 Å². The number of aromatic nitrogens is 2. The minimum absolute atomic E-state index is 0.0142. The summed E-state index contributed by atoms with van der Waals surface area (Å²) >= 11 is 0. The molecule has 3 N–H and O–H groups in total. The van der Waals surface area contributed by atoms with Crippen molar-refractivity contribution in [3.05, 3.63) is 34.5 Å². The predicted molar refractivity (Wildman–Crippen MR) is 56.8 cm³/mol. The van der Waals surface area contributed by atoms with E-state index < -0.39 is 5.63 Å². The Morgan fingerprint density at radius 1 is 1.50 bits per heavy atom. The SMILES string of the molecule is Cc1cc(O)c(-c2ccnc(N)n2)c(=O)o1. The van der Waals surface area contributed by atoms with Gasteiger partial charge in [0.15, 0.2) is 0 Å². The van der Waals surface area contributed by atoms with Gasteiger partial charge in [0, 0.05) is 12.3 Å². The second kappa shape index (κ2) is 3.65. The molecule has 0 atom stereocenters. The summed E-state index contributed by atoms with van der Waals surface area (Å²) in [6.45, 7) is 1.57. The van der Waals surface area contributed by atoms with E-state index in [2.05, 4.69) is 9.97 Å². The van der Waals surface area contributed by atoms with E-state index in [1.165, 1.54) is 18.3 Å². The average molecular weight is 219 g/mol. The first kappa shape index (κ1) is 10.2. The number of nitrogen functional groups attached to an aromatic ring is 1. The molecule has 82 valence electrons. The number of nitrogens with zero attached hydrogens (tertiary/aromatic N) is 2. The molecule has 0 aliphatic heterocycles. The molecule has 0 unspecified atom stereocenters. The molecule has 0 spiro atoms. The van der Waals surface area contributed by atoms with Crippen LogP contribution in [-0.4, -0.2) is 15.1 Å². The normalized spacial score (nSPS) is 10.3. The van der Waals surface area contributed by atoms with Gasteiger partial charge in [-0.1, -0.05) is 0 Å². The number of aromatic hydroxyl groups is 1. The van der Waals surface area contributed by atoms with E-state index in [9.17, 15) is 9.90 Å². The molecule has 0 fully saturated rings. The monoisotopic (exact) mass is 219 g/mol. The zero-order chi connectivity index (χ0) is 11.7. The highest BCUT2D eigenvalue weighted by Gasteiger charge is 2.13. The van der Waals surface area contributed by atoms with E-state index >= 15 is 0 Å². The van der Waals surface area contributed by atoms with Gasteiger partial charge in [0.05, 0.1) is 5.69 Å². The molecule has 0 saturated carbocycles. The van der Waals surface area contributed by atoms with E-state index in [1.807, 2.05) is 0 Å². The molecule has 0 bridgehead atoms. The van der Waals surface area contributed by atoms with Crippen LogP contribution in [0.15, 0.2) is 27.5 Å². The van der Waals surface area contributed by atoms with Gasteiger partial charge in [0.25, 0.3) is 0 Å². The van der Waals surface area contributed by atoms with Crippen LogP contribution in [-0.2, 0) is 0 Å². The third kappa shape index (κ3) is 1.72. The molecule has 2 rings (SSSR count). The van der Waals surface area contributed by atoms with Crippen LogP contribution >= 0.6 is 0 Å². The largest absolute Gasteiger partial charge is 0.507 e. The maximum atomic E-state index is 11.5. The summed E-state index contributed by atoms with van der Waals surface area (Å²) in [7, 11) is 0. The summed E-state index contributed by atoms with van der Waals surface area (Å²) < 4.78 is 4.87. The molecule has 2 heterocycles. The fourth-order valence-corrected chi connectivity index (χ4v) is 1.34.